The third kappa shape index (κ3) is 5.33. The first kappa shape index (κ1) is 12.7. The fourth-order valence-electron chi connectivity index (χ4n) is 1.98. The van der Waals surface area contributed by atoms with Gasteiger partial charge in [-0.3, -0.25) is 4.90 Å². The Morgan fingerprint density at radius 1 is 1.33 bits per heavy atom. The van der Waals surface area contributed by atoms with Crippen LogP contribution >= 0.6 is 0 Å². The van der Waals surface area contributed by atoms with E-state index in [1.165, 1.54) is 44.5 Å². The molecule has 1 aliphatic heterocycles. The highest BCUT2D eigenvalue weighted by atomic mass is 15.1. The van der Waals surface area contributed by atoms with Crippen molar-refractivity contribution in [1.82, 2.24) is 10.2 Å². The number of nitrogens with one attached hydrogen (secondary N) is 1. The summed E-state index contributed by atoms with van der Waals surface area (Å²) in [6.07, 6.45) is 6.21. The number of hydrogen-bond donors (Lipinski definition) is 1. The van der Waals surface area contributed by atoms with E-state index in [0.717, 1.165) is 12.6 Å². The molecular weight excluding hydrogens is 184 g/mol. The van der Waals surface area contributed by atoms with E-state index >= 15 is 0 Å². The molecule has 1 N–H and O–H groups in total. The van der Waals surface area contributed by atoms with Crippen LogP contribution in [-0.2, 0) is 0 Å². The Balaban J connectivity index is 2.15. The highest BCUT2D eigenvalue weighted by Gasteiger charge is 2.17. The van der Waals surface area contributed by atoms with Crippen molar-refractivity contribution < 1.29 is 0 Å². The van der Waals surface area contributed by atoms with E-state index in [0.29, 0.717) is 0 Å². The number of nitrogens with zero attached hydrogens (tertiary/aromatic N) is 1. The zero-order valence-electron chi connectivity index (χ0n) is 10.6. The number of allylic oxidation sites excluding steroid dienone is 1. The Hall–Kier alpha value is -0.340. The SMILES string of the molecule is CCCNC1CCN(CC=C(C)C)CC1. The van der Waals surface area contributed by atoms with E-state index in [2.05, 4.69) is 37.1 Å². The third-order valence-corrected chi connectivity index (χ3v) is 3.03. The number of rotatable bonds is 5. The zero-order chi connectivity index (χ0) is 11.1. The monoisotopic (exact) mass is 210 g/mol. The maximum atomic E-state index is 3.61. The number of likely N-dealkylation sites (tertiary alicyclic amines) is 1. The zero-order valence-corrected chi connectivity index (χ0v) is 10.6. The summed E-state index contributed by atoms with van der Waals surface area (Å²) in [5, 5.41) is 3.61. The predicted molar refractivity (Wildman–Crippen MR) is 67.2 cm³/mol. The maximum absolute atomic E-state index is 3.61. The second kappa shape index (κ2) is 7.02. The number of piperidine rings is 1. The van der Waals surface area contributed by atoms with Gasteiger partial charge in [0.15, 0.2) is 0 Å². The lowest BCUT2D eigenvalue weighted by Crippen LogP contribution is -2.42. The quantitative estimate of drug-likeness (QED) is 0.701. The summed E-state index contributed by atoms with van der Waals surface area (Å²) < 4.78 is 0. The molecule has 0 amide bonds. The summed E-state index contributed by atoms with van der Waals surface area (Å²) in [7, 11) is 0. The van der Waals surface area contributed by atoms with Crippen LogP contribution in [0.15, 0.2) is 11.6 Å². The van der Waals surface area contributed by atoms with Crippen LogP contribution in [0.3, 0.4) is 0 Å². The van der Waals surface area contributed by atoms with Gasteiger partial charge in [-0.1, -0.05) is 18.6 Å². The van der Waals surface area contributed by atoms with Gasteiger partial charge in [0.2, 0.25) is 0 Å². The smallest absolute Gasteiger partial charge is 0.0165 e. The van der Waals surface area contributed by atoms with E-state index in [9.17, 15) is 0 Å². The van der Waals surface area contributed by atoms with Gasteiger partial charge in [0.05, 0.1) is 0 Å². The van der Waals surface area contributed by atoms with Crippen molar-refractivity contribution in [2.45, 2.75) is 46.1 Å². The van der Waals surface area contributed by atoms with E-state index in [1.807, 2.05) is 0 Å². The van der Waals surface area contributed by atoms with Gasteiger partial charge in [0.1, 0.15) is 0 Å². The van der Waals surface area contributed by atoms with E-state index in [-0.39, 0.29) is 0 Å². The van der Waals surface area contributed by atoms with E-state index in [4.69, 9.17) is 0 Å². The van der Waals surface area contributed by atoms with Gasteiger partial charge in [-0.25, -0.2) is 0 Å². The molecule has 0 aromatic rings. The summed E-state index contributed by atoms with van der Waals surface area (Å²) in [4.78, 5) is 2.55. The highest BCUT2D eigenvalue weighted by molar-refractivity contribution is 4.95. The van der Waals surface area contributed by atoms with Crippen LogP contribution in [0.25, 0.3) is 0 Å². The lowest BCUT2D eigenvalue weighted by molar-refractivity contribution is 0.215. The van der Waals surface area contributed by atoms with E-state index < -0.39 is 0 Å². The normalized spacial score (nSPS) is 19.1. The Bertz CT molecular complexity index is 187. The molecule has 0 atom stereocenters. The Kier molecular flexibility index (Phi) is 5.96. The molecule has 0 aromatic carbocycles. The standard InChI is InChI=1S/C13H26N2/c1-4-8-14-13-6-10-15(11-7-13)9-5-12(2)3/h5,13-14H,4,6-11H2,1-3H3. The highest BCUT2D eigenvalue weighted by Crippen LogP contribution is 2.10. The summed E-state index contributed by atoms with van der Waals surface area (Å²) in [6.45, 7) is 11.4. The molecule has 1 fully saturated rings. The van der Waals surface area contributed by atoms with Crippen LogP contribution in [0, 0.1) is 0 Å². The number of hydrogen-bond acceptors (Lipinski definition) is 2. The van der Waals surface area contributed by atoms with Crippen molar-refractivity contribution in [3.8, 4) is 0 Å². The Labute approximate surface area is 94.7 Å². The van der Waals surface area contributed by atoms with Gasteiger partial charge in [-0.15, -0.1) is 0 Å². The van der Waals surface area contributed by atoms with Gasteiger partial charge in [0, 0.05) is 12.6 Å². The molecule has 1 heterocycles. The third-order valence-electron chi connectivity index (χ3n) is 3.03. The predicted octanol–water partition coefficient (Wildman–Crippen LogP) is 2.42. The molecule has 0 aromatic heterocycles. The van der Waals surface area contributed by atoms with Crippen LogP contribution in [0.2, 0.25) is 0 Å². The van der Waals surface area contributed by atoms with Crippen LogP contribution in [0.5, 0.6) is 0 Å². The van der Waals surface area contributed by atoms with Gasteiger partial charge in [-0.2, -0.15) is 0 Å². The lowest BCUT2D eigenvalue weighted by atomic mass is 10.0. The summed E-state index contributed by atoms with van der Waals surface area (Å²) in [5.41, 5.74) is 1.43. The second-order valence-corrected chi connectivity index (χ2v) is 4.81. The van der Waals surface area contributed by atoms with E-state index in [1.54, 1.807) is 0 Å². The van der Waals surface area contributed by atoms with Gasteiger partial charge >= 0.3 is 0 Å². The fourth-order valence-corrected chi connectivity index (χ4v) is 1.98. The van der Waals surface area contributed by atoms with Crippen molar-refractivity contribution in [2.24, 2.45) is 0 Å². The summed E-state index contributed by atoms with van der Waals surface area (Å²) >= 11 is 0. The van der Waals surface area contributed by atoms with Crippen LogP contribution in [-0.4, -0.2) is 37.1 Å². The molecule has 1 rings (SSSR count). The molecule has 2 heteroatoms. The largest absolute Gasteiger partial charge is 0.314 e. The Morgan fingerprint density at radius 2 is 2.00 bits per heavy atom. The topological polar surface area (TPSA) is 15.3 Å². The molecule has 0 spiro atoms. The summed E-state index contributed by atoms with van der Waals surface area (Å²) in [5.74, 6) is 0. The van der Waals surface area contributed by atoms with Gasteiger partial charge < -0.3 is 5.32 Å². The molecule has 0 aliphatic carbocycles. The first-order chi connectivity index (χ1) is 7.22. The van der Waals surface area contributed by atoms with Crippen LogP contribution in [0.1, 0.15) is 40.0 Å². The molecule has 88 valence electrons. The Morgan fingerprint density at radius 3 is 2.53 bits per heavy atom. The minimum atomic E-state index is 0.771. The molecule has 0 bridgehead atoms. The second-order valence-electron chi connectivity index (χ2n) is 4.81. The van der Waals surface area contributed by atoms with Crippen molar-refractivity contribution in [1.29, 1.82) is 0 Å². The van der Waals surface area contributed by atoms with Crippen LogP contribution in [0.4, 0.5) is 0 Å². The molecular formula is C13H26N2. The molecule has 0 radical (unpaired) electrons. The average molecular weight is 210 g/mol. The minimum Gasteiger partial charge on any atom is -0.314 e. The molecule has 15 heavy (non-hydrogen) atoms. The van der Waals surface area contributed by atoms with Crippen molar-refractivity contribution >= 4 is 0 Å². The van der Waals surface area contributed by atoms with Crippen LogP contribution < -0.4 is 5.32 Å². The molecule has 1 saturated heterocycles. The van der Waals surface area contributed by atoms with Crippen molar-refractivity contribution in [3.05, 3.63) is 11.6 Å². The lowest BCUT2D eigenvalue weighted by Gasteiger charge is -2.31. The first-order valence-corrected chi connectivity index (χ1v) is 6.31. The average Bonchev–Trinajstić information content (AvgIpc) is 2.25. The molecule has 2 nitrogen and oxygen atoms in total. The van der Waals surface area contributed by atoms with Gasteiger partial charge in [0.25, 0.3) is 0 Å². The van der Waals surface area contributed by atoms with Crippen molar-refractivity contribution in [2.75, 3.05) is 26.2 Å². The van der Waals surface area contributed by atoms with Gasteiger partial charge in [-0.05, 0) is 52.7 Å². The first-order valence-electron chi connectivity index (χ1n) is 6.31. The minimum absolute atomic E-state index is 0.771. The summed E-state index contributed by atoms with van der Waals surface area (Å²) in [6, 6.07) is 0.771. The fraction of sp³-hybridized carbons (Fsp3) is 0.846. The molecule has 1 aliphatic rings. The molecule has 0 saturated carbocycles. The maximum Gasteiger partial charge on any atom is 0.0165 e. The van der Waals surface area contributed by atoms with Crippen molar-refractivity contribution in [3.63, 3.8) is 0 Å². The molecule has 0 unspecified atom stereocenters.